The van der Waals surface area contributed by atoms with Gasteiger partial charge in [-0.05, 0) is 6.92 Å². The van der Waals surface area contributed by atoms with Gasteiger partial charge in [0, 0.05) is 5.41 Å². The van der Waals surface area contributed by atoms with Crippen LogP contribution in [0.1, 0.15) is 37.7 Å². The molecule has 0 atom stereocenters. The molecule has 0 radical (unpaired) electrons. The zero-order valence-corrected chi connectivity index (χ0v) is 7.89. The largest absolute Gasteiger partial charge is 0.281 e. The molecule has 1 heterocycles. The molecule has 0 fully saturated rings. The molecule has 3 heteroatoms. The average molecular weight is 163 g/mol. The Kier molecular flexibility index (Phi) is 1.93. The molecule has 0 aliphatic carbocycles. The lowest BCUT2D eigenvalue weighted by Gasteiger charge is -2.14. The van der Waals surface area contributed by atoms with E-state index in [0.717, 1.165) is 11.4 Å². The number of aryl methyl sites for hydroxylation is 1. The van der Waals surface area contributed by atoms with E-state index in [1.54, 1.807) is 0 Å². The molecule has 3 nitrogen and oxygen atoms in total. The monoisotopic (exact) mass is 163 g/mol. The van der Waals surface area contributed by atoms with Crippen LogP contribution in [-0.2, 0) is 5.41 Å². The van der Waals surface area contributed by atoms with Crippen molar-refractivity contribution in [2.45, 2.75) is 33.1 Å². The molecule has 0 amide bonds. The molecule has 0 spiro atoms. The minimum atomic E-state index is -0.0597. The standard InChI is InChI=1S/C9H13N3/c1-6-7(5-10)8(12-11-6)9(2,3)4/h1-4H3,(H,11,12). The van der Waals surface area contributed by atoms with Crippen LogP contribution < -0.4 is 0 Å². The lowest BCUT2D eigenvalue weighted by atomic mass is 9.89. The van der Waals surface area contributed by atoms with Gasteiger partial charge >= 0.3 is 0 Å². The number of hydrogen-bond acceptors (Lipinski definition) is 2. The minimum Gasteiger partial charge on any atom is -0.281 e. The SMILES string of the molecule is Cc1[nH]nc(C(C)(C)C)c1C#N. The van der Waals surface area contributed by atoms with E-state index in [0.29, 0.717) is 5.56 Å². The fourth-order valence-corrected chi connectivity index (χ4v) is 1.11. The number of rotatable bonds is 0. The quantitative estimate of drug-likeness (QED) is 0.635. The van der Waals surface area contributed by atoms with Crippen LogP contribution >= 0.6 is 0 Å². The van der Waals surface area contributed by atoms with Crippen molar-refractivity contribution in [1.82, 2.24) is 10.2 Å². The molecular weight excluding hydrogens is 150 g/mol. The Morgan fingerprint density at radius 3 is 2.33 bits per heavy atom. The molecule has 0 saturated carbocycles. The first-order valence-corrected chi connectivity index (χ1v) is 3.92. The molecule has 0 saturated heterocycles. The smallest absolute Gasteiger partial charge is 0.103 e. The van der Waals surface area contributed by atoms with E-state index in [1.807, 2.05) is 27.7 Å². The summed E-state index contributed by atoms with van der Waals surface area (Å²) in [6.45, 7) is 8.00. The van der Waals surface area contributed by atoms with Crippen molar-refractivity contribution in [2.24, 2.45) is 0 Å². The van der Waals surface area contributed by atoms with Crippen LogP contribution in [0.25, 0.3) is 0 Å². The molecule has 0 bridgehead atoms. The first-order chi connectivity index (χ1) is 5.46. The zero-order valence-electron chi connectivity index (χ0n) is 7.89. The maximum absolute atomic E-state index is 8.84. The van der Waals surface area contributed by atoms with Crippen LogP contribution in [0.15, 0.2) is 0 Å². The van der Waals surface area contributed by atoms with Crippen molar-refractivity contribution >= 4 is 0 Å². The lowest BCUT2D eigenvalue weighted by Crippen LogP contribution is -2.13. The highest BCUT2D eigenvalue weighted by atomic mass is 15.1. The van der Waals surface area contributed by atoms with Gasteiger partial charge in [0.15, 0.2) is 0 Å². The van der Waals surface area contributed by atoms with Crippen LogP contribution in [0.4, 0.5) is 0 Å². The van der Waals surface area contributed by atoms with Crippen molar-refractivity contribution < 1.29 is 0 Å². The predicted molar refractivity (Wildman–Crippen MR) is 46.7 cm³/mol. The lowest BCUT2D eigenvalue weighted by molar-refractivity contribution is 0.565. The summed E-state index contributed by atoms with van der Waals surface area (Å²) in [5.41, 5.74) is 2.32. The number of aromatic amines is 1. The first kappa shape index (κ1) is 8.79. The molecule has 0 aliphatic rings. The Morgan fingerprint density at radius 1 is 1.42 bits per heavy atom. The maximum Gasteiger partial charge on any atom is 0.103 e. The Morgan fingerprint density at radius 2 is 2.00 bits per heavy atom. The van der Waals surface area contributed by atoms with Crippen LogP contribution in [0.5, 0.6) is 0 Å². The second-order valence-corrected chi connectivity index (χ2v) is 3.93. The average Bonchev–Trinajstić information content (AvgIpc) is 2.29. The van der Waals surface area contributed by atoms with E-state index >= 15 is 0 Å². The van der Waals surface area contributed by atoms with Crippen molar-refractivity contribution in [3.8, 4) is 6.07 Å². The molecule has 1 aromatic rings. The van der Waals surface area contributed by atoms with Crippen LogP contribution in [0, 0.1) is 18.3 Å². The van der Waals surface area contributed by atoms with Gasteiger partial charge in [-0.1, -0.05) is 20.8 Å². The Bertz CT molecular complexity index is 323. The number of nitrogens with zero attached hydrogens (tertiary/aromatic N) is 2. The maximum atomic E-state index is 8.84. The van der Waals surface area contributed by atoms with Crippen LogP contribution in [0.2, 0.25) is 0 Å². The van der Waals surface area contributed by atoms with Gasteiger partial charge in [0.2, 0.25) is 0 Å². The highest BCUT2D eigenvalue weighted by Gasteiger charge is 2.22. The van der Waals surface area contributed by atoms with Gasteiger partial charge in [0.25, 0.3) is 0 Å². The van der Waals surface area contributed by atoms with Gasteiger partial charge in [-0.2, -0.15) is 10.4 Å². The van der Waals surface area contributed by atoms with E-state index in [-0.39, 0.29) is 5.41 Å². The highest BCUT2D eigenvalue weighted by Crippen LogP contribution is 2.24. The van der Waals surface area contributed by atoms with Gasteiger partial charge < -0.3 is 0 Å². The summed E-state index contributed by atoms with van der Waals surface area (Å²) in [5, 5.41) is 15.8. The second-order valence-electron chi connectivity index (χ2n) is 3.93. The van der Waals surface area contributed by atoms with E-state index in [4.69, 9.17) is 5.26 Å². The van der Waals surface area contributed by atoms with Crippen molar-refractivity contribution in [3.63, 3.8) is 0 Å². The minimum absolute atomic E-state index is 0.0597. The molecule has 0 aliphatic heterocycles. The number of nitriles is 1. The summed E-state index contributed by atoms with van der Waals surface area (Å²) in [7, 11) is 0. The van der Waals surface area contributed by atoms with Crippen molar-refractivity contribution in [3.05, 3.63) is 17.0 Å². The fourth-order valence-electron chi connectivity index (χ4n) is 1.11. The highest BCUT2D eigenvalue weighted by molar-refractivity contribution is 5.39. The molecular formula is C9H13N3. The number of H-pyrrole nitrogens is 1. The van der Waals surface area contributed by atoms with Gasteiger partial charge in [0.1, 0.15) is 6.07 Å². The normalized spacial score (nSPS) is 11.2. The van der Waals surface area contributed by atoms with Gasteiger partial charge in [-0.25, -0.2) is 0 Å². The predicted octanol–water partition coefficient (Wildman–Crippen LogP) is 1.89. The van der Waals surface area contributed by atoms with E-state index in [2.05, 4.69) is 16.3 Å². The zero-order chi connectivity index (χ0) is 9.35. The molecule has 12 heavy (non-hydrogen) atoms. The Balaban J connectivity index is 3.28. The first-order valence-electron chi connectivity index (χ1n) is 3.92. The summed E-state index contributed by atoms with van der Waals surface area (Å²) in [6.07, 6.45) is 0. The van der Waals surface area contributed by atoms with Crippen LogP contribution in [0.3, 0.4) is 0 Å². The third-order valence-electron chi connectivity index (χ3n) is 1.77. The van der Waals surface area contributed by atoms with Crippen molar-refractivity contribution in [1.29, 1.82) is 5.26 Å². The molecule has 0 unspecified atom stereocenters. The summed E-state index contributed by atoms with van der Waals surface area (Å²) in [5.74, 6) is 0. The topological polar surface area (TPSA) is 52.5 Å². The van der Waals surface area contributed by atoms with Gasteiger partial charge in [0.05, 0.1) is 17.0 Å². The summed E-state index contributed by atoms with van der Waals surface area (Å²) in [6, 6.07) is 2.16. The third kappa shape index (κ3) is 1.33. The summed E-state index contributed by atoms with van der Waals surface area (Å²) < 4.78 is 0. The summed E-state index contributed by atoms with van der Waals surface area (Å²) >= 11 is 0. The summed E-state index contributed by atoms with van der Waals surface area (Å²) in [4.78, 5) is 0. The molecule has 1 N–H and O–H groups in total. The molecule has 1 aromatic heterocycles. The van der Waals surface area contributed by atoms with E-state index in [1.165, 1.54) is 0 Å². The van der Waals surface area contributed by atoms with Gasteiger partial charge in [-0.3, -0.25) is 5.10 Å². The molecule has 0 aromatic carbocycles. The second kappa shape index (κ2) is 2.63. The Hall–Kier alpha value is -1.30. The number of nitrogens with one attached hydrogen (secondary N) is 1. The van der Waals surface area contributed by atoms with E-state index < -0.39 is 0 Å². The fraction of sp³-hybridized carbons (Fsp3) is 0.556. The number of aromatic nitrogens is 2. The third-order valence-corrected chi connectivity index (χ3v) is 1.77. The molecule has 64 valence electrons. The Labute approximate surface area is 72.4 Å². The van der Waals surface area contributed by atoms with Gasteiger partial charge in [-0.15, -0.1) is 0 Å². The van der Waals surface area contributed by atoms with Crippen molar-refractivity contribution in [2.75, 3.05) is 0 Å². The number of hydrogen-bond donors (Lipinski definition) is 1. The van der Waals surface area contributed by atoms with E-state index in [9.17, 15) is 0 Å². The molecule has 1 rings (SSSR count). The van der Waals surface area contributed by atoms with Crippen LogP contribution in [-0.4, -0.2) is 10.2 Å².